The molecule has 0 heterocycles. The molecule has 0 saturated heterocycles. The highest BCUT2D eigenvalue weighted by molar-refractivity contribution is 6.23. The molecule has 1 N–H and O–H groups in total. The van der Waals surface area contributed by atoms with Crippen LogP contribution in [0.4, 0.5) is 13.2 Å². The average molecular weight is 419 g/mol. The number of ketones is 2. The van der Waals surface area contributed by atoms with Crippen molar-refractivity contribution < 1.29 is 32.2 Å². The van der Waals surface area contributed by atoms with Gasteiger partial charge in [-0.25, -0.2) is 0 Å². The van der Waals surface area contributed by atoms with Crippen molar-refractivity contribution in [3.8, 4) is 0 Å². The number of carbonyl (C=O) groups excluding carboxylic acids is 2. The molecule has 0 aliphatic heterocycles. The van der Waals surface area contributed by atoms with Crippen molar-refractivity contribution in [1.29, 1.82) is 0 Å². The number of hydrogen-bond acceptors (Lipinski definition) is 5. The van der Waals surface area contributed by atoms with Crippen LogP contribution in [-0.4, -0.2) is 45.1 Å². The molecular formula is C21H32F3NO4. The van der Waals surface area contributed by atoms with E-state index in [-0.39, 0.29) is 23.1 Å². The Hall–Kier alpha value is -1.83. The molecule has 0 aromatic carbocycles. The van der Waals surface area contributed by atoms with Gasteiger partial charge in [-0.05, 0) is 32.7 Å². The number of unbranched alkanes of at least 4 members (excludes halogenated alkanes) is 7. The molecule has 0 radical (unpaired) electrons. The van der Waals surface area contributed by atoms with Gasteiger partial charge in [-0.1, -0.05) is 38.5 Å². The Labute approximate surface area is 170 Å². The van der Waals surface area contributed by atoms with E-state index < -0.39 is 12.7 Å². The fourth-order valence-electron chi connectivity index (χ4n) is 3.34. The van der Waals surface area contributed by atoms with Gasteiger partial charge in [-0.2, -0.15) is 13.2 Å². The lowest BCUT2D eigenvalue weighted by Crippen LogP contribution is -2.29. The Morgan fingerprint density at radius 1 is 0.793 bits per heavy atom. The number of Topliss-reactive ketones (excluding diaryl/α,β-unsaturated/α-hetero) is 2. The van der Waals surface area contributed by atoms with Crippen molar-refractivity contribution in [3.05, 3.63) is 22.7 Å². The Bertz CT molecular complexity index is 624. The minimum Gasteiger partial charge on any atom is -0.489 e. The molecule has 0 amide bonds. The third-order valence-electron chi connectivity index (χ3n) is 4.95. The van der Waals surface area contributed by atoms with E-state index in [0.29, 0.717) is 24.1 Å². The first kappa shape index (κ1) is 25.2. The number of nitrogens with one attached hydrogen (secondary N) is 1. The smallest absolute Gasteiger partial charge is 0.401 e. The van der Waals surface area contributed by atoms with Gasteiger partial charge in [0, 0.05) is 11.1 Å². The zero-order valence-corrected chi connectivity index (χ0v) is 17.5. The number of ether oxygens (including phenoxy) is 2. The van der Waals surface area contributed by atoms with E-state index in [2.05, 4.69) is 5.32 Å². The molecule has 0 fully saturated rings. The summed E-state index contributed by atoms with van der Waals surface area (Å²) in [6.45, 7) is 1.11. The fraction of sp³-hybridized carbons (Fsp3) is 0.714. The van der Waals surface area contributed by atoms with Crippen LogP contribution < -0.4 is 5.32 Å². The number of rotatable bonds is 14. The number of halogens is 3. The van der Waals surface area contributed by atoms with Gasteiger partial charge in [0.25, 0.3) is 0 Å². The summed E-state index contributed by atoms with van der Waals surface area (Å²) in [4.78, 5) is 24.8. The van der Waals surface area contributed by atoms with Gasteiger partial charge in [0.1, 0.15) is 0 Å². The van der Waals surface area contributed by atoms with Crippen molar-refractivity contribution >= 4 is 11.6 Å². The molecule has 29 heavy (non-hydrogen) atoms. The quantitative estimate of drug-likeness (QED) is 0.329. The van der Waals surface area contributed by atoms with Gasteiger partial charge in [-0.3, -0.25) is 9.59 Å². The summed E-state index contributed by atoms with van der Waals surface area (Å²) in [6.07, 6.45) is 3.96. The van der Waals surface area contributed by atoms with Crippen LogP contribution in [0, 0.1) is 0 Å². The SMILES string of the molecule is COC1=C(OC)C(=O)C(CCCCCCCCCCNCC(F)(F)F)=C(C)C1=O. The summed E-state index contributed by atoms with van der Waals surface area (Å²) in [5.74, 6) is -0.639. The monoisotopic (exact) mass is 419 g/mol. The van der Waals surface area contributed by atoms with E-state index in [4.69, 9.17) is 9.47 Å². The van der Waals surface area contributed by atoms with E-state index in [0.717, 1.165) is 51.4 Å². The Balaban J connectivity index is 2.17. The third kappa shape index (κ3) is 8.60. The molecule has 0 spiro atoms. The second kappa shape index (κ2) is 12.7. The molecule has 0 atom stereocenters. The van der Waals surface area contributed by atoms with Crippen LogP contribution in [-0.2, 0) is 19.1 Å². The number of allylic oxidation sites excluding steroid dienone is 2. The molecule has 166 valence electrons. The number of alkyl halides is 3. The summed E-state index contributed by atoms with van der Waals surface area (Å²) in [5.41, 5.74) is 0.922. The van der Waals surface area contributed by atoms with Crippen molar-refractivity contribution in [1.82, 2.24) is 5.32 Å². The van der Waals surface area contributed by atoms with Crippen LogP contribution >= 0.6 is 0 Å². The van der Waals surface area contributed by atoms with Crippen LogP contribution in [0.3, 0.4) is 0 Å². The zero-order valence-electron chi connectivity index (χ0n) is 17.5. The Morgan fingerprint density at radius 2 is 1.28 bits per heavy atom. The maximum absolute atomic E-state index is 12.5. The van der Waals surface area contributed by atoms with E-state index in [9.17, 15) is 22.8 Å². The lowest BCUT2D eigenvalue weighted by Gasteiger charge is -2.20. The number of carbonyl (C=O) groups is 2. The van der Waals surface area contributed by atoms with Crippen molar-refractivity contribution in [2.45, 2.75) is 70.9 Å². The molecule has 0 aromatic rings. The maximum Gasteiger partial charge on any atom is 0.401 e. The van der Waals surface area contributed by atoms with Gasteiger partial charge in [0.05, 0.1) is 20.8 Å². The first-order valence-electron chi connectivity index (χ1n) is 10.1. The standard InChI is InChI=1S/C21H32F3NO4/c1-15-16(18(27)20(29-3)19(28-2)17(15)26)12-10-8-6-4-5-7-9-11-13-25-14-21(22,23)24/h25H,4-14H2,1-3H3. The topological polar surface area (TPSA) is 64.6 Å². The highest BCUT2D eigenvalue weighted by atomic mass is 19.4. The van der Waals surface area contributed by atoms with Crippen LogP contribution in [0.15, 0.2) is 22.7 Å². The molecule has 1 aliphatic carbocycles. The number of methoxy groups -OCH3 is 2. The van der Waals surface area contributed by atoms with E-state index >= 15 is 0 Å². The summed E-state index contributed by atoms with van der Waals surface area (Å²) in [5, 5.41) is 2.40. The number of hydrogen-bond donors (Lipinski definition) is 1. The van der Waals surface area contributed by atoms with Crippen LogP contribution in [0.2, 0.25) is 0 Å². The second-order valence-electron chi connectivity index (χ2n) is 7.20. The first-order chi connectivity index (χ1) is 13.7. The lowest BCUT2D eigenvalue weighted by molar-refractivity contribution is -0.124. The molecule has 0 saturated carbocycles. The molecule has 0 aromatic heterocycles. The van der Waals surface area contributed by atoms with Crippen molar-refractivity contribution in [3.63, 3.8) is 0 Å². The summed E-state index contributed by atoms with van der Waals surface area (Å²) in [7, 11) is 2.70. The normalized spacial score (nSPS) is 15.4. The molecule has 5 nitrogen and oxygen atoms in total. The van der Waals surface area contributed by atoms with Gasteiger partial charge in [0.2, 0.25) is 23.1 Å². The minimum atomic E-state index is -4.14. The lowest BCUT2D eigenvalue weighted by atomic mass is 9.89. The highest BCUT2D eigenvalue weighted by Gasteiger charge is 2.34. The molecule has 0 bridgehead atoms. The predicted molar refractivity (Wildman–Crippen MR) is 104 cm³/mol. The minimum absolute atomic E-state index is 0.0252. The van der Waals surface area contributed by atoms with Gasteiger partial charge in [-0.15, -0.1) is 0 Å². The molecular weight excluding hydrogens is 387 g/mol. The molecule has 0 unspecified atom stereocenters. The molecule has 1 aliphatic rings. The second-order valence-corrected chi connectivity index (χ2v) is 7.20. The predicted octanol–water partition coefficient (Wildman–Crippen LogP) is 4.62. The van der Waals surface area contributed by atoms with Gasteiger partial charge < -0.3 is 14.8 Å². The zero-order chi connectivity index (χ0) is 21.9. The van der Waals surface area contributed by atoms with Gasteiger partial charge in [0.15, 0.2) is 0 Å². The molecule has 8 heteroatoms. The van der Waals surface area contributed by atoms with Crippen LogP contribution in [0.5, 0.6) is 0 Å². The van der Waals surface area contributed by atoms with Crippen LogP contribution in [0.1, 0.15) is 64.7 Å². The van der Waals surface area contributed by atoms with Crippen molar-refractivity contribution in [2.24, 2.45) is 0 Å². The van der Waals surface area contributed by atoms with E-state index in [1.165, 1.54) is 14.2 Å². The largest absolute Gasteiger partial charge is 0.489 e. The average Bonchev–Trinajstić information content (AvgIpc) is 2.66. The first-order valence-corrected chi connectivity index (χ1v) is 10.1. The molecule has 1 rings (SSSR count). The summed E-state index contributed by atoms with van der Waals surface area (Å²) in [6, 6.07) is 0. The maximum atomic E-state index is 12.5. The fourth-order valence-corrected chi connectivity index (χ4v) is 3.34. The van der Waals surface area contributed by atoms with E-state index in [1.54, 1.807) is 6.92 Å². The Kier molecular flexibility index (Phi) is 11.0. The summed E-state index contributed by atoms with van der Waals surface area (Å²) >= 11 is 0. The van der Waals surface area contributed by atoms with E-state index in [1.807, 2.05) is 0 Å². The van der Waals surface area contributed by atoms with Crippen molar-refractivity contribution in [2.75, 3.05) is 27.3 Å². The third-order valence-corrected chi connectivity index (χ3v) is 4.95. The highest BCUT2D eigenvalue weighted by Crippen LogP contribution is 2.28. The Morgan fingerprint density at radius 3 is 1.79 bits per heavy atom. The van der Waals surface area contributed by atoms with Gasteiger partial charge >= 0.3 is 6.18 Å². The summed E-state index contributed by atoms with van der Waals surface area (Å²) < 4.78 is 46.0. The van der Waals surface area contributed by atoms with Crippen LogP contribution in [0.25, 0.3) is 0 Å².